The third kappa shape index (κ3) is 5.37. The Morgan fingerprint density at radius 1 is 0.857 bits per heavy atom. The predicted molar refractivity (Wildman–Crippen MR) is 122 cm³/mol. The summed E-state index contributed by atoms with van der Waals surface area (Å²) >= 11 is 0. The molecule has 1 N–H and O–H groups in total. The molecule has 0 bridgehead atoms. The number of carbonyl (C=O) groups is 1. The molecule has 0 atom stereocenters. The number of nitrogens with zero attached hydrogens (tertiary/aromatic N) is 3. The summed E-state index contributed by atoms with van der Waals surface area (Å²) < 4.78 is 41.0. The molecule has 0 unspecified atom stereocenters. The second-order valence-electron chi connectivity index (χ2n) is 7.64. The highest BCUT2D eigenvalue weighted by Gasteiger charge is 2.30. The van der Waals surface area contributed by atoms with Gasteiger partial charge < -0.3 is 5.32 Å². The third-order valence-electron chi connectivity index (χ3n) is 5.17. The van der Waals surface area contributed by atoms with Crippen LogP contribution in [0.4, 0.5) is 13.2 Å². The maximum Gasteiger partial charge on any atom is 0.416 e. The second-order valence-corrected chi connectivity index (χ2v) is 7.64. The molecule has 10 heteroatoms. The van der Waals surface area contributed by atoms with E-state index in [9.17, 15) is 27.6 Å². The van der Waals surface area contributed by atoms with E-state index in [0.29, 0.717) is 4.57 Å². The summed E-state index contributed by atoms with van der Waals surface area (Å²) in [5, 5.41) is 6.59. The van der Waals surface area contributed by atoms with Crippen molar-refractivity contribution in [2.24, 2.45) is 0 Å². The van der Waals surface area contributed by atoms with Crippen molar-refractivity contribution in [1.82, 2.24) is 19.7 Å². The Kier molecular flexibility index (Phi) is 6.63. The third-order valence-corrected chi connectivity index (χ3v) is 5.17. The highest BCUT2D eigenvalue weighted by molar-refractivity contribution is 5.91. The van der Waals surface area contributed by atoms with Crippen molar-refractivity contribution in [1.29, 1.82) is 0 Å². The monoisotopic (exact) mass is 480 g/mol. The molecule has 1 aromatic heterocycles. The molecule has 1 amide bonds. The van der Waals surface area contributed by atoms with Gasteiger partial charge in [-0.1, -0.05) is 60.7 Å². The van der Waals surface area contributed by atoms with Crippen LogP contribution in [0.2, 0.25) is 0 Å². The van der Waals surface area contributed by atoms with Gasteiger partial charge in [-0.05, 0) is 35.4 Å². The normalized spacial score (nSPS) is 11.3. The molecule has 0 aliphatic carbocycles. The van der Waals surface area contributed by atoms with Gasteiger partial charge in [-0.25, -0.2) is 4.79 Å². The van der Waals surface area contributed by atoms with Gasteiger partial charge >= 0.3 is 11.9 Å². The van der Waals surface area contributed by atoms with Gasteiger partial charge in [0, 0.05) is 6.54 Å². The number of alkyl halides is 3. The first-order valence-corrected chi connectivity index (χ1v) is 10.5. The smallest absolute Gasteiger partial charge is 0.346 e. The molecule has 0 aliphatic heterocycles. The lowest BCUT2D eigenvalue weighted by Gasteiger charge is -2.13. The highest BCUT2D eigenvalue weighted by Crippen LogP contribution is 2.29. The quantitative estimate of drug-likeness (QED) is 0.459. The lowest BCUT2D eigenvalue weighted by atomic mass is 10.1. The fourth-order valence-electron chi connectivity index (χ4n) is 3.42. The minimum Gasteiger partial charge on any atom is -0.346 e. The van der Waals surface area contributed by atoms with Crippen LogP contribution in [0, 0.1) is 0 Å². The number of para-hydroxylation sites is 1. The van der Waals surface area contributed by atoms with Crippen molar-refractivity contribution in [3.05, 3.63) is 128 Å². The van der Waals surface area contributed by atoms with E-state index in [0.717, 1.165) is 22.4 Å². The van der Waals surface area contributed by atoms with Crippen LogP contribution >= 0.6 is 0 Å². The Morgan fingerprint density at radius 3 is 2.14 bits per heavy atom. The summed E-state index contributed by atoms with van der Waals surface area (Å²) in [6.45, 7) is -0.366. The molecule has 0 saturated heterocycles. The number of hydrogen-bond acceptors (Lipinski definition) is 4. The van der Waals surface area contributed by atoms with Gasteiger partial charge in [0.05, 0.1) is 17.8 Å². The molecule has 4 aromatic rings. The Bertz CT molecular complexity index is 1460. The standard InChI is InChI=1S/C25H19F3N4O3/c26-25(27,28)19-11-7-10-18(14-19)16-31-23(34)21(22(33)29-15-17-8-3-1-4-9-17)30-32(24(31)35)20-12-5-2-6-13-20/h1-14H,15-16H2,(H,29,33). The Balaban J connectivity index is 1.77. The zero-order valence-electron chi connectivity index (χ0n) is 18.2. The van der Waals surface area contributed by atoms with Crippen LogP contribution < -0.4 is 16.6 Å². The molecule has 0 aliphatic rings. The van der Waals surface area contributed by atoms with Crippen LogP contribution in [0.3, 0.4) is 0 Å². The van der Waals surface area contributed by atoms with Gasteiger partial charge in [-0.3, -0.25) is 14.2 Å². The summed E-state index contributed by atoms with van der Waals surface area (Å²) in [5.74, 6) is -0.818. The average molecular weight is 480 g/mol. The van der Waals surface area contributed by atoms with E-state index in [2.05, 4.69) is 10.4 Å². The minimum atomic E-state index is -4.59. The number of amides is 1. The van der Waals surface area contributed by atoms with E-state index in [4.69, 9.17) is 0 Å². The summed E-state index contributed by atoms with van der Waals surface area (Å²) in [6, 6.07) is 21.4. The van der Waals surface area contributed by atoms with Crippen LogP contribution in [0.1, 0.15) is 27.2 Å². The lowest BCUT2D eigenvalue weighted by Crippen LogP contribution is -2.46. The van der Waals surface area contributed by atoms with Crippen molar-refractivity contribution >= 4 is 5.91 Å². The molecule has 0 saturated carbocycles. The summed E-state index contributed by atoms with van der Waals surface area (Å²) in [5.41, 5.74) is -2.24. The van der Waals surface area contributed by atoms with E-state index < -0.39 is 41.1 Å². The van der Waals surface area contributed by atoms with E-state index in [1.165, 1.54) is 12.1 Å². The van der Waals surface area contributed by atoms with Gasteiger partial charge in [0.25, 0.3) is 11.5 Å². The largest absolute Gasteiger partial charge is 0.416 e. The SMILES string of the molecule is O=C(NCc1ccccc1)c1nn(-c2ccccc2)c(=O)n(Cc2cccc(C(F)(F)F)c2)c1=O. The van der Waals surface area contributed by atoms with Crippen LogP contribution in [-0.2, 0) is 19.3 Å². The molecule has 4 rings (SSSR count). The van der Waals surface area contributed by atoms with Crippen molar-refractivity contribution in [3.8, 4) is 5.69 Å². The molecule has 178 valence electrons. The summed E-state index contributed by atoms with van der Waals surface area (Å²) in [4.78, 5) is 39.1. The highest BCUT2D eigenvalue weighted by atomic mass is 19.4. The molecule has 35 heavy (non-hydrogen) atoms. The van der Waals surface area contributed by atoms with E-state index in [1.807, 2.05) is 6.07 Å². The van der Waals surface area contributed by atoms with E-state index in [-0.39, 0.29) is 17.8 Å². The molecule has 0 spiro atoms. The number of aromatic nitrogens is 3. The lowest BCUT2D eigenvalue weighted by molar-refractivity contribution is -0.137. The van der Waals surface area contributed by atoms with Crippen molar-refractivity contribution in [2.45, 2.75) is 19.3 Å². The van der Waals surface area contributed by atoms with Gasteiger partial charge in [-0.2, -0.15) is 23.0 Å². The summed E-state index contributed by atoms with van der Waals surface area (Å²) in [6.07, 6.45) is -4.59. The molecule has 7 nitrogen and oxygen atoms in total. The zero-order chi connectivity index (χ0) is 25.0. The second kappa shape index (κ2) is 9.80. The Labute approximate surface area is 197 Å². The van der Waals surface area contributed by atoms with Gasteiger partial charge in [-0.15, -0.1) is 0 Å². The average Bonchev–Trinajstić information content (AvgIpc) is 2.86. The van der Waals surface area contributed by atoms with Gasteiger partial charge in [0.1, 0.15) is 0 Å². The topological polar surface area (TPSA) is 86.0 Å². The number of hydrogen-bond donors (Lipinski definition) is 1. The number of benzene rings is 3. The molecular formula is C25H19F3N4O3. The Morgan fingerprint density at radius 2 is 1.49 bits per heavy atom. The van der Waals surface area contributed by atoms with Crippen molar-refractivity contribution < 1.29 is 18.0 Å². The molecular weight excluding hydrogens is 461 g/mol. The molecule has 1 heterocycles. The first-order chi connectivity index (χ1) is 16.7. The first-order valence-electron chi connectivity index (χ1n) is 10.5. The van der Waals surface area contributed by atoms with Gasteiger partial charge in [0.15, 0.2) is 0 Å². The van der Waals surface area contributed by atoms with Crippen LogP contribution in [0.5, 0.6) is 0 Å². The predicted octanol–water partition coefficient (Wildman–Crippen LogP) is 3.39. The fourth-order valence-corrected chi connectivity index (χ4v) is 3.42. The molecule has 0 radical (unpaired) electrons. The van der Waals surface area contributed by atoms with Crippen molar-refractivity contribution in [3.63, 3.8) is 0 Å². The summed E-state index contributed by atoms with van der Waals surface area (Å²) in [7, 11) is 0. The number of nitrogens with one attached hydrogen (secondary N) is 1. The minimum absolute atomic E-state index is 0.0699. The Hall–Kier alpha value is -4.47. The van der Waals surface area contributed by atoms with Crippen molar-refractivity contribution in [2.75, 3.05) is 0 Å². The van der Waals surface area contributed by atoms with Crippen LogP contribution in [-0.4, -0.2) is 20.3 Å². The zero-order valence-corrected chi connectivity index (χ0v) is 18.2. The van der Waals surface area contributed by atoms with Gasteiger partial charge in [0.2, 0.25) is 5.69 Å². The maximum atomic E-state index is 13.1. The fraction of sp³-hybridized carbons (Fsp3) is 0.120. The number of carbonyl (C=O) groups excluding carboxylic acids is 1. The van der Waals surface area contributed by atoms with Crippen LogP contribution in [0.15, 0.2) is 94.5 Å². The van der Waals surface area contributed by atoms with E-state index >= 15 is 0 Å². The number of halogens is 3. The molecule has 0 fully saturated rings. The number of rotatable bonds is 6. The maximum absolute atomic E-state index is 13.1. The molecule has 3 aromatic carbocycles. The first kappa shape index (κ1) is 23.7. The van der Waals surface area contributed by atoms with E-state index in [1.54, 1.807) is 54.6 Å². The van der Waals surface area contributed by atoms with Crippen LogP contribution in [0.25, 0.3) is 5.69 Å².